The highest BCUT2D eigenvalue weighted by atomic mass is 79.9. The van der Waals surface area contributed by atoms with Gasteiger partial charge in [0.1, 0.15) is 0 Å². The third-order valence-electron chi connectivity index (χ3n) is 2.72. The highest BCUT2D eigenvalue weighted by molar-refractivity contribution is 9.10. The van der Waals surface area contributed by atoms with E-state index in [2.05, 4.69) is 21.2 Å². The van der Waals surface area contributed by atoms with Crippen molar-refractivity contribution in [1.82, 2.24) is 4.90 Å². The SMILES string of the molecule is CN(C)C(=O)c1cc(NC(=O)c2ccoc2Br)ccc1Cl. The molecule has 0 spiro atoms. The maximum absolute atomic E-state index is 12.1. The van der Waals surface area contributed by atoms with E-state index in [4.69, 9.17) is 16.0 Å². The minimum atomic E-state index is -0.346. The van der Waals surface area contributed by atoms with Gasteiger partial charge in [-0.1, -0.05) is 11.6 Å². The molecular formula is C14H12BrClN2O3. The summed E-state index contributed by atoms with van der Waals surface area (Å²) >= 11 is 9.15. The van der Waals surface area contributed by atoms with Crippen molar-refractivity contribution >= 4 is 45.0 Å². The first-order valence-electron chi connectivity index (χ1n) is 5.95. The third-order valence-corrected chi connectivity index (χ3v) is 3.67. The van der Waals surface area contributed by atoms with Crippen LogP contribution >= 0.6 is 27.5 Å². The molecule has 110 valence electrons. The van der Waals surface area contributed by atoms with Gasteiger partial charge in [0.25, 0.3) is 11.8 Å². The fraction of sp³-hybridized carbons (Fsp3) is 0.143. The van der Waals surface area contributed by atoms with Crippen LogP contribution in [0.4, 0.5) is 5.69 Å². The lowest BCUT2D eigenvalue weighted by atomic mass is 10.1. The van der Waals surface area contributed by atoms with Crippen LogP contribution in [0.25, 0.3) is 0 Å². The lowest BCUT2D eigenvalue weighted by Gasteiger charge is -2.13. The number of nitrogens with one attached hydrogen (secondary N) is 1. The van der Waals surface area contributed by atoms with Gasteiger partial charge in [-0.3, -0.25) is 9.59 Å². The molecule has 0 aliphatic heterocycles. The van der Waals surface area contributed by atoms with Crippen molar-refractivity contribution in [3.05, 3.63) is 51.3 Å². The maximum atomic E-state index is 12.1. The van der Waals surface area contributed by atoms with Gasteiger partial charge in [0.15, 0.2) is 4.67 Å². The second kappa shape index (κ2) is 6.32. The van der Waals surface area contributed by atoms with Gasteiger partial charge in [-0.2, -0.15) is 0 Å². The molecule has 1 aromatic heterocycles. The smallest absolute Gasteiger partial charge is 0.260 e. The Morgan fingerprint density at radius 3 is 2.52 bits per heavy atom. The normalized spacial score (nSPS) is 10.3. The maximum Gasteiger partial charge on any atom is 0.260 e. The number of nitrogens with zero attached hydrogens (tertiary/aromatic N) is 1. The van der Waals surface area contributed by atoms with Crippen LogP contribution < -0.4 is 5.32 Å². The molecule has 1 aromatic carbocycles. The number of hydrogen-bond donors (Lipinski definition) is 1. The Hall–Kier alpha value is -1.79. The first-order valence-corrected chi connectivity index (χ1v) is 7.13. The molecule has 0 aliphatic rings. The highest BCUT2D eigenvalue weighted by Gasteiger charge is 2.16. The molecule has 0 saturated carbocycles. The quantitative estimate of drug-likeness (QED) is 0.896. The molecule has 0 radical (unpaired) electrons. The van der Waals surface area contributed by atoms with Crippen molar-refractivity contribution < 1.29 is 14.0 Å². The molecule has 0 saturated heterocycles. The summed E-state index contributed by atoms with van der Waals surface area (Å²) in [7, 11) is 3.26. The van der Waals surface area contributed by atoms with Crippen molar-refractivity contribution in [3.8, 4) is 0 Å². The van der Waals surface area contributed by atoms with E-state index in [0.717, 1.165) is 0 Å². The Morgan fingerprint density at radius 1 is 1.24 bits per heavy atom. The molecule has 2 aromatic rings. The predicted molar refractivity (Wildman–Crippen MR) is 83.8 cm³/mol. The number of hydrogen-bond acceptors (Lipinski definition) is 3. The molecule has 0 fully saturated rings. The zero-order valence-electron chi connectivity index (χ0n) is 11.3. The molecule has 2 rings (SSSR count). The van der Waals surface area contributed by atoms with Crippen molar-refractivity contribution in [1.29, 1.82) is 0 Å². The summed E-state index contributed by atoms with van der Waals surface area (Å²) in [6.07, 6.45) is 1.40. The van der Waals surface area contributed by atoms with Crippen LogP contribution in [-0.2, 0) is 0 Å². The van der Waals surface area contributed by atoms with E-state index < -0.39 is 0 Å². The number of amides is 2. The number of halogens is 2. The van der Waals surface area contributed by atoms with Crippen molar-refractivity contribution in [2.24, 2.45) is 0 Å². The molecule has 2 amide bonds. The number of carbonyl (C=O) groups excluding carboxylic acids is 2. The Kier molecular flexibility index (Phi) is 4.69. The zero-order valence-corrected chi connectivity index (χ0v) is 13.7. The molecule has 0 aliphatic carbocycles. The Bertz CT molecular complexity index is 697. The molecule has 1 N–H and O–H groups in total. The van der Waals surface area contributed by atoms with Crippen LogP contribution in [0.1, 0.15) is 20.7 Å². The van der Waals surface area contributed by atoms with Gasteiger partial charge in [0.05, 0.1) is 22.4 Å². The zero-order chi connectivity index (χ0) is 15.6. The van der Waals surface area contributed by atoms with E-state index in [-0.39, 0.29) is 11.8 Å². The molecule has 21 heavy (non-hydrogen) atoms. The fourth-order valence-electron chi connectivity index (χ4n) is 1.66. The summed E-state index contributed by atoms with van der Waals surface area (Å²) in [5.41, 5.74) is 1.17. The Labute approximate surface area is 135 Å². The van der Waals surface area contributed by atoms with Crippen molar-refractivity contribution in [2.45, 2.75) is 0 Å². The lowest BCUT2D eigenvalue weighted by molar-refractivity contribution is 0.0827. The standard InChI is InChI=1S/C14H12BrClN2O3/c1-18(2)14(20)10-7-8(3-4-11(10)16)17-13(19)9-5-6-21-12(9)15/h3-7H,1-2H3,(H,17,19). The van der Waals surface area contributed by atoms with Gasteiger partial charge in [-0.05, 0) is 40.2 Å². The Balaban J connectivity index is 2.26. The van der Waals surface area contributed by atoms with Crippen molar-refractivity contribution in [2.75, 3.05) is 19.4 Å². The minimum Gasteiger partial charge on any atom is -0.457 e. The van der Waals surface area contributed by atoms with Crippen LogP contribution in [0.2, 0.25) is 5.02 Å². The predicted octanol–water partition coefficient (Wildman–Crippen LogP) is 3.65. The average Bonchev–Trinajstić information content (AvgIpc) is 2.86. The van der Waals surface area contributed by atoms with Gasteiger partial charge in [0.2, 0.25) is 0 Å². The lowest BCUT2D eigenvalue weighted by Crippen LogP contribution is -2.22. The van der Waals surface area contributed by atoms with Crippen LogP contribution in [0.15, 0.2) is 39.6 Å². The molecular weight excluding hydrogens is 360 g/mol. The van der Waals surface area contributed by atoms with Crippen molar-refractivity contribution in [3.63, 3.8) is 0 Å². The number of carbonyl (C=O) groups is 2. The van der Waals surface area contributed by atoms with Crippen LogP contribution in [0, 0.1) is 0 Å². The van der Waals surface area contributed by atoms with Crippen LogP contribution in [0.5, 0.6) is 0 Å². The highest BCUT2D eigenvalue weighted by Crippen LogP contribution is 2.23. The summed E-state index contributed by atoms with van der Waals surface area (Å²) in [5.74, 6) is -0.582. The molecule has 0 bridgehead atoms. The van der Waals surface area contributed by atoms with E-state index in [0.29, 0.717) is 26.5 Å². The van der Waals surface area contributed by atoms with E-state index >= 15 is 0 Å². The number of benzene rings is 1. The molecule has 5 nitrogen and oxygen atoms in total. The summed E-state index contributed by atoms with van der Waals surface area (Å²) < 4.78 is 5.36. The fourth-order valence-corrected chi connectivity index (χ4v) is 2.28. The van der Waals surface area contributed by atoms with E-state index in [1.54, 1.807) is 32.3 Å². The second-order valence-electron chi connectivity index (χ2n) is 4.46. The van der Waals surface area contributed by atoms with E-state index in [1.165, 1.54) is 17.2 Å². The minimum absolute atomic E-state index is 0.236. The topological polar surface area (TPSA) is 62.6 Å². The molecule has 0 atom stereocenters. The molecule has 1 heterocycles. The summed E-state index contributed by atoms with van der Waals surface area (Å²) in [5, 5.41) is 3.02. The first kappa shape index (κ1) is 15.6. The van der Waals surface area contributed by atoms with Crippen LogP contribution in [0.3, 0.4) is 0 Å². The summed E-state index contributed by atoms with van der Waals surface area (Å²) in [6.45, 7) is 0. The van der Waals surface area contributed by atoms with Gasteiger partial charge in [0, 0.05) is 19.8 Å². The third kappa shape index (κ3) is 3.46. The largest absolute Gasteiger partial charge is 0.457 e. The van der Waals surface area contributed by atoms with E-state index in [1.807, 2.05) is 0 Å². The average molecular weight is 372 g/mol. The molecule has 0 unspecified atom stereocenters. The number of furan rings is 1. The van der Waals surface area contributed by atoms with Gasteiger partial charge >= 0.3 is 0 Å². The summed E-state index contributed by atoms with van der Waals surface area (Å²) in [4.78, 5) is 25.5. The number of rotatable bonds is 3. The van der Waals surface area contributed by atoms with Gasteiger partial charge < -0.3 is 14.6 Å². The van der Waals surface area contributed by atoms with Crippen LogP contribution in [-0.4, -0.2) is 30.8 Å². The first-order chi connectivity index (χ1) is 9.90. The second-order valence-corrected chi connectivity index (χ2v) is 5.58. The summed E-state index contributed by atoms with van der Waals surface area (Å²) in [6, 6.07) is 6.27. The van der Waals surface area contributed by atoms with Gasteiger partial charge in [-0.25, -0.2) is 0 Å². The number of anilines is 1. The Morgan fingerprint density at radius 2 is 1.95 bits per heavy atom. The van der Waals surface area contributed by atoms with E-state index in [9.17, 15) is 9.59 Å². The molecule has 7 heteroatoms. The monoisotopic (exact) mass is 370 g/mol. The van der Waals surface area contributed by atoms with Gasteiger partial charge in [-0.15, -0.1) is 0 Å².